The molecule has 0 aliphatic carbocycles. The monoisotopic (exact) mass is 332 g/mol. The molecular weight excluding hydrogens is 316 g/mol. The highest BCUT2D eigenvalue weighted by Crippen LogP contribution is 2.18. The molecule has 3 nitrogen and oxygen atoms in total. The van der Waals surface area contributed by atoms with Crippen LogP contribution in [0.5, 0.6) is 0 Å². The van der Waals surface area contributed by atoms with E-state index in [1.165, 1.54) is 5.56 Å². The van der Waals surface area contributed by atoms with Gasteiger partial charge in [-0.2, -0.15) is 0 Å². The number of rotatable bonds is 5. The maximum Gasteiger partial charge on any atom is 0.224 e. The fourth-order valence-corrected chi connectivity index (χ4v) is 2.40. The van der Waals surface area contributed by atoms with Crippen molar-refractivity contribution in [3.8, 4) is 0 Å². The van der Waals surface area contributed by atoms with Crippen LogP contribution in [0.3, 0.4) is 0 Å². The van der Waals surface area contributed by atoms with Crippen LogP contribution < -0.4 is 10.6 Å². The Morgan fingerprint density at radius 1 is 1.15 bits per heavy atom. The largest absolute Gasteiger partial charge is 0.381 e. The quantitative estimate of drug-likeness (QED) is 0.881. The molecule has 0 spiro atoms. The van der Waals surface area contributed by atoms with E-state index in [0.29, 0.717) is 6.42 Å². The van der Waals surface area contributed by atoms with E-state index in [1.54, 1.807) is 7.05 Å². The van der Waals surface area contributed by atoms with E-state index < -0.39 is 0 Å². The lowest BCUT2D eigenvalue weighted by Crippen LogP contribution is -2.20. The third-order valence-electron chi connectivity index (χ3n) is 3.02. The number of likely N-dealkylation sites (N-methyl/N-ethyl adjacent to an activating group) is 1. The number of benzene rings is 2. The topological polar surface area (TPSA) is 41.1 Å². The molecule has 0 aliphatic rings. The van der Waals surface area contributed by atoms with Gasteiger partial charge in [0.1, 0.15) is 0 Å². The molecule has 0 saturated heterocycles. The summed E-state index contributed by atoms with van der Waals surface area (Å²) in [5, 5.41) is 6.03. The minimum atomic E-state index is 0.0155. The smallest absolute Gasteiger partial charge is 0.224 e. The second kappa shape index (κ2) is 7.10. The molecule has 0 bridgehead atoms. The number of hydrogen-bond donors (Lipinski definition) is 2. The molecule has 0 unspecified atom stereocenters. The van der Waals surface area contributed by atoms with E-state index in [0.717, 1.165) is 22.3 Å². The van der Waals surface area contributed by atoms with E-state index in [9.17, 15) is 4.79 Å². The first-order valence-electron chi connectivity index (χ1n) is 6.46. The number of carbonyl (C=O) groups excluding carboxylic acids is 1. The molecule has 2 aromatic carbocycles. The molecule has 4 heteroatoms. The zero-order chi connectivity index (χ0) is 14.4. The van der Waals surface area contributed by atoms with Gasteiger partial charge in [0.2, 0.25) is 5.91 Å². The molecule has 0 fully saturated rings. The lowest BCUT2D eigenvalue weighted by atomic mass is 10.1. The van der Waals surface area contributed by atoms with Crippen molar-refractivity contribution in [1.82, 2.24) is 5.32 Å². The molecule has 104 valence electrons. The van der Waals surface area contributed by atoms with E-state index in [2.05, 4.69) is 38.7 Å². The van der Waals surface area contributed by atoms with Crippen LogP contribution in [0.15, 0.2) is 53.0 Å². The molecule has 2 aromatic rings. The zero-order valence-electron chi connectivity index (χ0n) is 11.3. The fraction of sp³-hybridized carbons (Fsp3) is 0.188. The van der Waals surface area contributed by atoms with Gasteiger partial charge in [-0.15, -0.1) is 0 Å². The summed E-state index contributed by atoms with van der Waals surface area (Å²) < 4.78 is 1.07. The van der Waals surface area contributed by atoms with Crippen LogP contribution in [0.25, 0.3) is 0 Å². The van der Waals surface area contributed by atoms with E-state index in [1.807, 2.05) is 36.4 Å². The number of amides is 1. The van der Waals surface area contributed by atoms with Crippen molar-refractivity contribution in [2.24, 2.45) is 0 Å². The van der Waals surface area contributed by atoms with Crippen LogP contribution in [-0.2, 0) is 17.8 Å². The Kier molecular flexibility index (Phi) is 5.18. The molecule has 1 amide bonds. The van der Waals surface area contributed by atoms with Crippen molar-refractivity contribution in [3.63, 3.8) is 0 Å². The number of hydrogen-bond acceptors (Lipinski definition) is 2. The molecule has 2 rings (SSSR count). The second-order valence-corrected chi connectivity index (χ2v) is 5.41. The first-order chi connectivity index (χ1) is 9.69. The second-order valence-electron chi connectivity index (χ2n) is 4.49. The third kappa shape index (κ3) is 4.10. The van der Waals surface area contributed by atoms with Crippen molar-refractivity contribution in [2.45, 2.75) is 13.0 Å². The van der Waals surface area contributed by atoms with Crippen LogP contribution in [0.1, 0.15) is 11.1 Å². The number of carbonyl (C=O) groups is 1. The van der Waals surface area contributed by atoms with E-state index >= 15 is 0 Å². The Hall–Kier alpha value is -1.81. The molecule has 0 atom stereocenters. The van der Waals surface area contributed by atoms with Crippen LogP contribution >= 0.6 is 15.9 Å². The van der Waals surface area contributed by atoms with E-state index in [4.69, 9.17) is 0 Å². The van der Waals surface area contributed by atoms with Gasteiger partial charge >= 0.3 is 0 Å². The highest BCUT2D eigenvalue weighted by atomic mass is 79.9. The van der Waals surface area contributed by atoms with E-state index in [-0.39, 0.29) is 5.91 Å². The van der Waals surface area contributed by atoms with Crippen molar-refractivity contribution >= 4 is 27.5 Å². The SMILES string of the molecule is CNC(=O)Cc1ccccc1NCc1cccc(Br)c1. The van der Waals surface area contributed by atoms with Crippen LogP contribution in [0.4, 0.5) is 5.69 Å². The van der Waals surface area contributed by atoms with Gasteiger partial charge in [0, 0.05) is 23.8 Å². The van der Waals surface area contributed by atoms with Crippen molar-refractivity contribution < 1.29 is 4.79 Å². The van der Waals surface area contributed by atoms with Gasteiger partial charge in [0.15, 0.2) is 0 Å². The van der Waals surface area contributed by atoms with Crippen molar-refractivity contribution in [3.05, 3.63) is 64.1 Å². The van der Waals surface area contributed by atoms with Gasteiger partial charge in [-0.05, 0) is 29.3 Å². The molecule has 0 saturated carbocycles. The molecule has 0 radical (unpaired) electrons. The third-order valence-corrected chi connectivity index (χ3v) is 3.51. The summed E-state index contributed by atoms with van der Waals surface area (Å²) in [4.78, 5) is 11.5. The average Bonchev–Trinajstić information content (AvgIpc) is 2.46. The predicted molar refractivity (Wildman–Crippen MR) is 85.7 cm³/mol. The van der Waals surface area contributed by atoms with Gasteiger partial charge in [-0.1, -0.05) is 46.3 Å². The highest BCUT2D eigenvalue weighted by Gasteiger charge is 2.06. The number of nitrogens with one attached hydrogen (secondary N) is 2. The van der Waals surface area contributed by atoms with Gasteiger partial charge in [0.25, 0.3) is 0 Å². The van der Waals surface area contributed by atoms with Crippen LogP contribution in [0.2, 0.25) is 0 Å². The molecule has 0 aliphatic heterocycles. The van der Waals surface area contributed by atoms with Crippen molar-refractivity contribution in [2.75, 3.05) is 12.4 Å². The number of para-hydroxylation sites is 1. The molecule has 20 heavy (non-hydrogen) atoms. The average molecular weight is 333 g/mol. The molecule has 0 heterocycles. The number of halogens is 1. The summed E-state index contributed by atoms with van der Waals surface area (Å²) in [6, 6.07) is 16.0. The lowest BCUT2D eigenvalue weighted by molar-refractivity contribution is -0.119. The van der Waals surface area contributed by atoms with Gasteiger partial charge < -0.3 is 10.6 Å². The highest BCUT2D eigenvalue weighted by molar-refractivity contribution is 9.10. The first kappa shape index (κ1) is 14.6. The summed E-state index contributed by atoms with van der Waals surface area (Å²) in [6.45, 7) is 0.726. The Morgan fingerprint density at radius 3 is 2.70 bits per heavy atom. The van der Waals surface area contributed by atoms with Gasteiger partial charge in [-0.25, -0.2) is 0 Å². The maximum atomic E-state index is 11.5. The van der Waals surface area contributed by atoms with Crippen LogP contribution in [-0.4, -0.2) is 13.0 Å². The number of anilines is 1. The Bertz CT molecular complexity index is 599. The molecule has 2 N–H and O–H groups in total. The van der Waals surface area contributed by atoms with Gasteiger partial charge in [-0.3, -0.25) is 4.79 Å². The Balaban J connectivity index is 2.07. The minimum absolute atomic E-state index is 0.0155. The molecular formula is C16H17BrN2O. The summed E-state index contributed by atoms with van der Waals surface area (Å²) >= 11 is 3.46. The minimum Gasteiger partial charge on any atom is -0.381 e. The Morgan fingerprint density at radius 2 is 1.95 bits per heavy atom. The van der Waals surface area contributed by atoms with Crippen LogP contribution in [0, 0.1) is 0 Å². The summed E-state index contributed by atoms with van der Waals surface area (Å²) in [7, 11) is 1.65. The van der Waals surface area contributed by atoms with Gasteiger partial charge in [0.05, 0.1) is 6.42 Å². The lowest BCUT2D eigenvalue weighted by Gasteiger charge is -2.12. The predicted octanol–water partition coefficient (Wildman–Crippen LogP) is 3.35. The summed E-state index contributed by atoms with van der Waals surface area (Å²) in [6.07, 6.45) is 0.387. The Labute approximate surface area is 127 Å². The molecule has 0 aromatic heterocycles. The summed E-state index contributed by atoms with van der Waals surface area (Å²) in [5.41, 5.74) is 3.19. The maximum absolute atomic E-state index is 11.5. The fourth-order valence-electron chi connectivity index (χ4n) is 1.95. The first-order valence-corrected chi connectivity index (χ1v) is 7.25. The zero-order valence-corrected chi connectivity index (χ0v) is 12.9. The standard InChI is InChI=1S/C16H17BrN2O/c1-18-16(20)10-13-6-2-3-8-15(13)19-11-12-5-4-7-14(17)9-12/h2-9,19H,10-11H2,1H3,(H,18,20). The van der Waals surface area contributed by atoms with Crippen molar-refractivity contribution in [1.29, 1.82) is 0 Å². The normalized spacial score (nSPS) is 10.1. The summed E-state index contributed by atoms with van der Waals surface area (Å²) in [5.74, 6) is 0.0155.